The zero-order chi connectivity index (χ0) is 12.8. The Labute approximate surface area is 103 Å². The first-order chi connectivity index (χ1) is 8.04. The minimum Gasteiger partial charge on any atom is -0.494 e. The van der Waals surface area contributed by atoms with Crippen LogP contribution in [-0.4, -0.2) is 18.4 Å². The Morgan fingerprint density at radius 3 is 2.35 bits per heavy atom. The van der Waals surface area contributed by atoms with Crippen molar-refractivity contribution >= 4 is 5.78 Å². The van der Waals surface area contributed by atoms with E-state index in [0.717, 1.165) is 5.75 Å². The third-order valence-electron chi connectivity index (χ3n) is 2.51. The van der Waals surface area contributed by atoms with E-state index in [-0.39, 0.29) is 5.78 Å². The maximum absolute atomic E-state index is 12.0. The van der Waals surface area contributed by atoms with Crippen molar-refractivity contribution in [2.45, 2.75) is 33.2 Å². The van der Waals surface area contributed by atoms with Crippen LogP contribution in [0.4, 0.5) is 0 Å². The molecule has 0 heterocycles. The second kappa shape index (κ2) is 6.40. The lowest BCUT2D eigenvalue weighted by Crippen LogP contribution is -2.31. The SMILES string of the molecule is CCOc1ccc(C(=O)C(N)CC(C)C)cc1. The summed E-state index contributed by atoms with van der Waals surface area (Å²) in [7, 11) is 0. The molecule has 3 heteroatoms. The summed E-state index contributed by atoms with van der Waals surface area (Å²) in [5.41, 5.74) is 6.52. The molecule has 0 spiro atoms. The number of ketones is 1. The highest BCUT2D eigenvalue weighted by Gasteiger charge is 2.16. The lowest BCUT2D eigenvalue weighted by molar-refractivity contribution is 0.0951. The Bertz CT molecular complexity index is 357. The molecule has 1 aromatic rings. The van der Waals surface area contributed by atoms with Crippen LogP contribution in [0.25, 0.3) is 0 Å². The van der Waals surface area contributed by atoms with Crippen molar-refractivity contribution < 1.29 is 9.53 Å². The normalized spacial score (nSPS) is 12.5. The van der Waals surface area contributed by atoms with Crippen LogP contribution in [0.5, 0.6) is 5.75 Å². The zero-order valence-corrected chi connectivity index (χ0v) is 10.8. The van der Waals surface area contributed by atoms with Gasteiger partial charge in [0, 0.05) is 5.56 Å². The van der Waals surface area contributed by atoms with Crippen molar-refractivity contribution in [3.05, 3.63) is 29.8 Å². The van der Waals surface area contributed by atoms with Crippen molar-refractivity contribution in [1.82, 2.24) is 0 Å². The van der Waals surface area contributed by atoms with Crippen molar-refractivity contribution in [2.75, 3.05) is 6.61 Å². The van der Waals surface area contributed by atoms with Crippen LogP contribution in [0.15, 0.2) is 24.3 Å². The molecule has 0 saturated heterocycles. The average molecular weight is 235 g/mol. The molecule has 0 radical (unpaired) electrons. The number of hydrogen-bond donors (Lipinski definition) is 1. The molecule has 1 rings (SSSR count). The molecule has 94 valence electrons. The largest absolute Gasteiger partial charge is 0.494 e. The molecule has 1 unspecified atom stereocenters. The Morgan fingerprint density at radius 2 is 1.88 bits per heavy atom. The topological polar surface area (TPSA) is 52.3 Å². The molecule has 1 aromatic carbocycles. The van der Waals surface area contributed by atoms with E-state index in [2.05, 4.69) is 13.8 Å². The number of rotatable bonds is 6. The maximum atomic E-state index is 12.0. The molecule has 0 amide bonds. The molecule has 0 aliphatic carbocycles. The fraction of sp³-hybridized carbons (Fsp3) is 0.500. The molecule has 0 aliphatic rings. The molecule has 3 nitrogen and oxygen atoms in total. The summed E-state index contributed by atoms with van der Waals surface area (Å²) in [4.78, 5) is 12.0. The maximum Gasteiger partial charge on any atom is 0.179 e. The van der Waals surface area contributed by atoms with Crippen molar-refractivity contribution in [2.24, 2.45) is 11.7 Å². The number of benzene rings is 1. The van der Waals surface area contributed by atoms with Gasteiger partial charge in [-0.15, -0.1) is 0 Å². The fourth-order valence-corrected chi connectivity index (χ4v) is 1.71. The highest BCUT2D eigenvalue weighted by atomic mass is 16.5. The predicted octanol–water partition coefficient (Wildman–Crippen LogP) is 2.64. The number of hydrogen-bond acceptors (Lipinski definition) is 3. The lowest BCUT2D eigenvalue weighted by Gasteiger charge is -2.13. The smallest absolute Gasteiger partial charge is 0.179 e. The third kappa shape index (κ3) is 4.19. The van der Waals surface area contributed by atoms with E-state index in [4.69, 9.17) is 10.5 Å². The molecular formula is C14H21NO2. The molecule has 0 saturated carbocycles. The van der Waals surface area contributed by atoms with E-state index in [1.54, 1.807) is 24.3 Å². The Balaban J connectivity index is 2.69. The average Bonchev–Trinajstić information content (AvgIpc) is 2.28. The minimum absolute atomic E-state index is 0.00162. The van der Waals surface area contributed by atoms with Gasteiger partial charge in [0.25, 0.3) is 0 Å². The molecule has 0 bridgehead atoms. The second-order valence-corrected chi connectivity index (χ2v) is 4.56. The van der Waals surface area contributed by atoms with E-state index < -0.39 is 6.04 Å². The van der Waals surface area contributed by atoms with Gasteiger partial charge in [0.05, 0.1) is 12.6 Å². The Hall–Kier alpha value is -1.35. The van der Waals surface area contributed by atoms with Crippen molar-refractivity contribution in [1.29, 1.82) is 0 Å². The van der Waals surface area contributed by atoms with Crippen LogP contribution in [0, 0.1) is 5.92 Å². The first kappa shape index (κ1) is 13.7. The molecule has 0 aliphatic heterocycles. The van der Waals surface area contributed by atoms with E-state index >= 15 is 0 Å². The Morgan fingerprint density at radius 1 is 1.29 bits per heavy atom. The third-order valence-corrected chi connectivity index (χ3v) is 2.51. The summed E-state index contributed by atoms with van der Waals surface area (Å²) in [6.45, 7) is 6.68. The minimum atomic E-state index is -0.409. The molecule has 0 fully saturated rings. The highest BCUT2D eigenvalue weighted by Crippen LogP contribution is 2.15. The van der Waals surface area contributed by atoms with E-state index in [1.165, 1.54) is 0 Å². The van der Waals surface area contributed by atoms with Gasteiger partial charge in [-0.3, -0.25) is 4.79 Å². The van der Waals surface area contributed by atoms with Gasteiger partial charge in [0.15, 0.2) is 5.78 Å². The van der Waals surface area contributed by atoms with Crippen LogP contribution >= 0.6 is 0 Å². The molecule has 17 heavy (non-hydrogen) atoms. The molecular weight excluding hydrogens is 214 g/mol. The summed E-state index contributed by atoms with van der Waals surface area (Å²) in [5, 5.41) is 0. The van der Waals surface area contributed by atoms with Gasteiger partial charge in [0.1, 0.15) is 5.75 Å². The number of Topliss-reactive ketones (excluding diaryl/α,β-unsaturated/α-hetero) is 1. The predicted molar refractivity (Wildman–Crippen MR) is 69.4 cm³/mol. The van der Waals surface area contributed by atoms with Gasteiger partial charge in [-0.05, 0) is 43.5 Å². The van der Waals surface area contributed by atoms with Crippen LogP contribution in [0.1, 0.15) is 37.6 Å². The standard InChI is InChI=1S/C14H21NO2/c1-4-17-12-7-5-11(6-8-12)14(16)13(15)9-10(2)3/h5-8,10,13H,4,9,15H2,1-3H3. The number of carbonyl (C=O) groups is 1. The highest BCUT2D eigenvalue weighted by molar-refractivity contribution is 6.00. The van der Waals surface area contributed by atoms with Gasteiger partial charge >= 0.3 is 0 Å². The first-order valence-corrected chi connectivity index (χ1v) is 6.07. The molecule has 2 N–H and O–H groups in total. The molecule has 0 aromatic heterocycles. The van der Waals surface area contributed by atoms with Crippen LogP contribution in [0.2, 0.25) is 0 Å². The van der Waals surface area contributed by atoms with Gasteiger partial charge < -0.3 is 10.5 Å². The van der Waals surface area contributed by atoms with Crippen molar-refractivity contribution in [3.63, 3.8) is 0 Å². The van der Waals surface area contributed by atoms with Gasteiger partial charge in [-0.2, -0.15) is 0 Å². The summed E-state index contributed by atoms with van der Waals surface area (Å²) in [6, 6.07) is 6.74. The van der Waals surface area contributed by atoms with E-state index in [1.807, 2.05) is 6.92 Å². The number of carbonyl (C=O) groups excluding carboxylic acids is 1. The quantitative estimate of drug-likeness (QED) is 0.771. The summed E-state index contributed by atoms with van der Waals surface area (Å²) < 4.78 is 5.32. The van der Waals surface area contributed by atoms with Crippen LogP contribution < -0.4 is 10.5 Å². The van der Waals surface area contributed by atoms with Gasteiger partial charge in [0.2, 0.25) is 0 Å². The van der Waals surface area contributed by atoms with E-state index in [9.17, 15) is 4.79 Å². The fourth-order valence-electron chi connectivity index (χ4n) is 1.71. The summed E-state index contributed by atoms with van der Waals surface area (Å²) in [5.74, 6) is 1.21. The van der Waals surface area contributed by atoms with Gasteiger partial charge in [-0.1, -0.05) is 13.8 Å². The van der Waals surface area contributed by atoms with Gasteiger partial charge in [-0.25, -0.2) is 0 Å². The summed E-state index contributed by atoms with van der Waals surface area (Å²) in [6.07, 6.45) is 0.714. The lowest BCUT2D eigenvalue weighted by atomic mass is 9.97. The van der Waals surface area contributed by atoms with Crippen LogP contribution in [-0.2, 0) is 0 Å². The molecule has 1 atom stereocenters. The van der Waals surface area contributed by atoms with Crippen LogP contribution in [0.3, 0.4) is 0 Å². The Kier molecular flexibility index (Phi) is 5.16. The number of ether oxygens (including phenoxy) is 1. The zero-order valence-electron chi connectivity index (χ0n) is 10.8. The summed E-state index contributed by atoms with van der Waals surface area (Å²) >= 11 is 0. The van der Waals surface area contributed by atoms with E-state index in [0.29, 0.717) is 24.5 Å². The van der Waals surface area contributed by atoms with Crippen molar-refractivity contribution in [3.8, 4) is 5.75 Å². The number of nitrogens with two attached hydrogens (primary N) is 1. The monoisotopic (exact) mass is 235 g/mol. The second-order valence-electron chi connectivity index (χ2n) is 4.56. The first-order valence-electron chi connectivity index (χ1n) is 6.07.